The summed E-state index contributed by atoms with van der Waals surface area (Å²) in [4.78, 5) is 0. The molecule has 16 nitrogen and oxygen atoms in total. The molecule has 0 amide bonds. The molecule has 22 heteroatoms. The zero-order valence-electron chi connectivity index (χ0n) is 8.93. The Morgan fingerprint density at radius 1 is 0.364 bits per heavy atom. The quantitative estimate of drug-likeness (QED) is 0.173. The van der Waals surface area contributed by atoms with Gasteiger partial charge in [0.1, 0.15) is 0 Å². The van der Waals surface area contributed by atoms with E-state index in [1.54, 1.807) is 0 Å². The summed E-state index contributed by atoms with van der Waals surface area (Å²) >= 11 is 0. The van der Waals surface area contributed by atoms with Crippen LogP contribution in [0.5, 0.6) is 0 Å². The van der Waals surface area contributed by atoms with Crippen LogP contribution in [0.4, 0.5) is 0 Å². The van der Waals surface area contributed by atoms with E-state index in [0.717, 1.165) is 0 Å². The van der Waals surface area contributed by atoms with E-state index < -0.39 is 41.6 Å². The molecule has 0 saturated heterocycles. The smallest absolute Gasteiger partial charge is 0.759 e. The molecule has 0 bridgehead atoms. The van der Waals surface area contributed by atoms with Crippen molar-refractivity contribution in [2.24, 2.45) is 0 Å². The zero-order chi connectivity index (χ0) is 18.0. The van der Waals surface area contributed by atoms with Crippen LogP contribution in [-0.4, -0.2) is 70.1 Å². The van der Waals surface area contributed by atoms with Crippen LogP contribution in [0.2, 0.25) is 0 Å². The van der Waals surface area contributed by atoms with E-state index in [1.165, 1.54) is 0 Å². The fourth-order valence-electron chi connectivity index (χ4n) is 0. The molecule has 0 aliphatic heterocycles. The minimum Gasteiger partial charge on any atom is -0.759 e. The van der Waals surface area contributed by atoms with Crippen LogP contribution in [0.1, 0.15) is 0 Å². The minimum atomic E-state index is -5.17. The molecular weight excluding hydrogens is 492 g/mol. The van der Waals surface area contributed by atoms with Crippen LogP contribution < -0.4 is 0 Å². The van der Waals surface area contributed by atoms with Crippen molar-refractivity contribution in [3.05, 3.63) is 0 Å². The van der Waals surface area contributed by atoms with Crippen LogP contribution in [-0.2, 0) is 76.0 Å². The first kappa shape index (κ1) is 38.2. The summed E-state index contributed by atoms with van der Waals surface area (Å²) in [6, 6.07) is 0. The molecule has 0 aromatic carbocycles. The van der Waals surface area contributed by atoms with Gasteiger partial charge in [-0.1, -0.05) is 0 Å². The van der Waals surface area contributed by atoms with Gasteiger partial charge in [0, 0.05) is 41.6 Å². The second-order valence-electron chi connectivity index (χ2n) is 1.63. The van der Waals surface area contributed by atoms with Crippen molar-refractivity contribution in [3.63, 3.8) is 0 Å². The SMILES string of the molecule is O=S(=O)([O-])[O-].O=S(=O)([O-])[O-].O=S(=O)([O-])[O-].O=S(=O)([O-])[O-].[Cr+6].[Fe+2]. The van der Waals surface area contributed by atoms with Gasteiger partial charge in [0.05, 0.1) is 0 Å². The van der Waals surface area contributed by atoms with E-state index in [-0.39, 0.29) is 34.4 Å². The summed E-state index contributed by atoms with van der Waals surface area (Å²) in [6.45, 7) is 0. The Balaban J connectivity index is -0.0000000376. The van der Waals surface area contributed by atoms with Gasteiger partial charge < -0.3 is 36.4 Å². The van der Waals surface area contributed by atoms with Gasteiger partial charge in [-0.3, -0.25) is 33.7 Å². The normalized spacial score (nSPS) is 10.5. The molecule has 0 aliphatic rings. The van der Waals surface area contributed by atoms with Gasteiger partial charge in [0.25, 0.3) is 0 Å². The molecule has 0 N–H and O–H groups in total. The molecule has 0 fully saturated rings. The van der Waals surface area contributed by atoms with Crippen molar-refractivity contribution in [3.8, 4) is 0 Å². The Morgan fingerprint density at radius 3 is 0.364 bits per heavy atom. The van der Waals surface area contributed by atoms with Crippen molar-refractivity contribution >= 4 is 41.6 Å². The van der Waals surface area contributed by atoms with Gasteiger partial charge >= 0.3 is 34.4 Å². The van der Waals surface area contributed by atoms with Crippen molar-refractivity contribution in [2.75, 3.05) is 0 Å². The molecule has 134 valence electrons. The Bertz CT molecular complexity index is 479. The molecule has 0 spiro atoms. The van der Waals surface area contributed by atoms with Gasteiger partial charge in [-0.15, -0.1) is 0 Å². The van der Waals surface area contributed by atoms with E-state index in [1.807, 2.05) is 0 Å². The maximum absolute atomic E-state index is 8.52. The van der Waals surface area contributed by atoms with Crippen LogP contribution in [0.25, 0.3) is 0 Å². The second-order valence-corrected chi connectivity index (χ2v) is 4.90. The van der Waals surface area contributed by atoms with Crippen molar-refractivity contribution in [1.82, 2.24) is 0 Å². The molecule has 0 heterocycles. The van der Waals surface area contributed by atoms with E-state index in [0.29, 0.717) is 0 Å². The molecule has 0 aromatic rings. The van der Waals surface area contributed by atoms with Crippen LogP contribution >= 0.6 is 0 Å². The fraction of sp³-hybridized carbons (Fsp3) is 0. The average molecular weight is 492 g/mol. The maximum Gasteiger partial charge on any atom is 6.00 e. The number of hydrogen-bond donors (Lipinski definition) is 0. The fourth-order valence-corrected chi connectivity index (χ4v) is 0. The monoisotopic (exact) mass is 492 g/mol. The van der Waals surface area contributed by atoms with Crippen molar-refractivity contribution < 1.29 is 105 Å². The largest absolute Gasteiger partial charge is 6.00 e. The Morgan fingerprint density at radius 2 is 0.364 bits per heavy atom. The molecule has 0 aromatic heterocycles. The molecule has 0 rings (SSSR count). The zero-order valence-corrected chi connectivity index (χ0v) is 14.6. The Hall–Kier alpha value is 0.532. The standard InChI is InChI=1S/Cr.Fe.4H2O4S/c;;4*1-5(2,3)4/h;;4*(H2,1,2,3,4)/q+6;+2;;;;/p-8. The molecule has 22 heavy (non-hydrogen) atoms. The predicted molar refractivity (Wildman–Crippen MR) is 41.9 cm³/mol. The van der Waals surface area contributed by atoms with E-state index in [9.17, 15) is 0 Å². The van der Waals surface area contributed by atoms with Crippen molar-refractivity contribution in [2.45, 2.75) is 0 Å². The Kier molecular flexibility index (Phi) is 26.2. The average Bonchev–Trinajstić information content (AvgIpc) is 1.62. The van der Waals surface area contributed by atoms with Crippen LogP contribution in [0.3, 0.4) is 0 Å². The van der Waals surface area contributed by atoms with Gasteiger partial charge in [0.2, 0.25) is 0 Å². The summed E-state index contributed by atoms with van der Waals surface area (Å²) in [5, 5.41) is 0. The first-order valence-electron chi connectivity index (χ1n) is 2.67. The first-order valence-corrected chi connectivity index (χ1v) is 8.00. The van der Waals surface area contributed by atoms with Gasteiger partial charge in [-0.25, -0.2) is 0 Å². The van der Waals surface area contributed by atoms with E-state index in [4.69, 9.17) is 70.1 Å². The third-order valence-corrected chi connectivity index (χ3v) is 0. The molecule has 0 aliphatic carbocycles. The van der Waals surface area contributed by atoms with Gasteiger partial charge in [-0.2, -0.15) is 0 Å². The van der Waals surface area contributed by atoms with Crippen molar-refractivity contribution in [1.29, 1.82) is 0 Å². The van der Waals surface area contributed by atoms with Crippen LogP contribution in [0.15, 0.2) is 0 Å². The topological polar surface area (TPSA) is 321 Å². The maximum atomic E-state index is 8.52. The minimum absolute atomic E-state index is 0. The van der Waals surface area contributed by atoms with E-state index in [2.05, 4.69) is 0 Å². The number of hydrogen-bond acceptors (Lipinski definition) is 16. The third kappa shape index (κ3) is 27700. The van der Waals surface area contributed by atoms with Gasteiger partial charge in [-0.05, 0) is 0 Å². The molecule has 0 saturated carbocycles. The molecule has 0 radical (unpaired) electrons. The Labute approximate surface area is 145 Å². The summed E-state index contributed by atoms with van der Waals surface area (Å²) < 4.78 is 136. The number of rotatable bonds is 0. The molecule has 0 atom stereocenters. The summed E-state index contributed by atoms with van der Waals surface area (Å²) in [5.41, 5.74) is 0. The van der Waals surface area contributed by atoms with Crippen LogP contribution in [0, 0.1) is 0 Å². The summed E-state index contributed by atoms with van der Waals surface area (Å²) in [5.74, 6) is 0. The summed E-state index contributed by atoms with van der Waals surface area (Å²) in [7, 11) is -20.7. The summed E-state index contributed by atoms with van der Waals surface area (Å²) in [6.07, 6.45) is 0. The molecular formula is CrFeO16S4. The predicted octanol–water partition coefficient (Wildman–Crippen LogP) is -5.36. The molecule has 0 unspecified atom stereocenters. The second kappa shape index (κ2) is 15.1. The van der Waals surface area contributed by atoms with Gasteiger partial charge in [0.15, 0.2) is 0 Å². The first-order chi connectivity index (χ1) is 8.00. The van der Waals surface area contributed by atoms with E-state index >= 15 is 0 Å². The third-order valence-electron chi connectivity index (χ3n) is 0.